The number of pyridine rings is 1. The molecule has 0 bridgehead atoms. The number of carbonyl (C=O) groups excluding carboxylic acids is 2. The Kier molecular flexibility index (Phi) is 6.10. The molecular weight excluding hydrogens is 324 g/mol. The summed E-state index contributed by atoms with van der Waals surface area (Å²) in [7, 11) is 0. The minimum atomic E-state index is -0.433. The van der Waals surface area contributed by atoms with E-state index in [0.717, 1.165) is 17.8 Å². The Labute approximate surface area is 145 Å². The summed E-state index contributed by atoms with van der Waals surface area (Å²) in [5.41, 5.74) is 1.64. The topological polar surface area (TPSA) is 95.2 Å². The van der Waals surface area contributed by atoms with Gasteiger partial charge in [-0.05, 0) is 25.5 Å². The van der Waals surface area contributed by atoms with Crippen LogP contribution in [-0.4, -0.2) is 61.7 Å². The van der Waals surface area contributed by atoms with Gasteiger partial charge in [0.1, 0.15) is 11.7 Å². The van der Waals surface area contributed by atoms with Gasteiger partial charge in [0.15, 0.2) is 0 Å². The van der Waals surface area contributed by atoms with Crippen LogP contribution in [-0.2, 0) is 20.9 Å². The van der Waals surface area contributed by atoms with Crippen molar-refractivity contribution in [2.45, 2.75) is 32.9 Å². The second-order valence-corrected chi connectivity index (χ2v) is 5.76. The quantitative estimate of drug-likeness (QED) is 0.834. The maximum Gasteiger partial charge on any atom is 0.290 e. The van der Waals surface area contributed by atoms with Crippen molar-refractivity contribution in [3.05, 3.63) is 36.3 Å². The van der Waals surface area contributed by atoms with Crippen LogP contribution >= 0.6 is 0 Å². The van der Waals surface area contributed by atoms with Crippen molar-refractivity contribution in [3.8, 4) is 0 Å². The first kappa shape index (κ1) is 18.4. The predicted molar refractivity (Wildman–Crippen MR) is 90.8 cm³/mol. The van der Waals surface area contributed by atoms with Gasteiger partial charge in [-0.25, -0.2) is 4.98 Å². The van der Waals surface area contributed by atoms with Crippen molar-refractivity contribution < 1.29 is 19.5 Å². The molecule has 8 heteroatoms. The molecule has 1 saturated heterocycles. The molecule has 3 heterocycles. The van der Waals surface area contributed by atoms with Gasteiger partial charge in [-0.2, -0.15) is 0 Å². The van der Waals surface area contributed by atoms with Crippen molar-refractivity contribution in [2.24, 2.45) is 0 Å². The molecule has 8 nitrogen and oxygen atoms in total. The molecule has 1 atom stereocenters. The fourth-order valence-corrected chi connectivity index (χ4v) is 2.87. The van der Waals surface area contributed by atoms with E-state index in [1.165, 1.54) is 0 Å². The van der Waals surface area contributed by atoms with Gasteiger partial charge in [-0.1, -0.05) is 13.0 Å². The molecule has 2 amide bonds. The molecular formula is C17H22N4O4. The van der Waals surface area contributed by atoms with Gasteiger partial charge in [0.05, 0.1) is 18.8 Å². The van der Waals surface area contributed by atoms with E-state index in [-0.39, 0.29) is 24.8 Å². The number of piperazine rings is 1. The fraction of sp³-hybridized carbons (Fsp3) is 0.412. The van der Waals surface area contributed by atoms with Gasteiger partial charge in [0, 0.05) is 18.9 Å². The Morgan fingerprint density at radius 1 is 1.36 bits per heavy atom. The Balaban J connectivity index is 0.000000701. The van der Waals surface area contributed by atoms with Crippen molar-refractivity contribution in [1.29, 1.82) is 0 Å². The summed E-state index contributed by atoms with van der Waals surface area (Å²) in [6.45, 7) is 4.72. The molecule has 0 aliphatic carbocycles. The van der Waals surface area contributed by atoms with Crippen LogP contribution in [0, 0.1) is 0 Å². The largest absolute Gasteiger partial charge is 0.483 e. The zero-order valence-electron chi connectivity index (χ0n) is 14.3. The van der Waals surface area contributed by atoms with Crippen LogP contribution in [0.1, 0.15) is 26.0 Å². The fourth-order valence-electron chi connectivity index (χ4n) is 2.87. The molecule has 0 saturated carbocycles. The second kappa shape index (κ2) is 8.27. The lowest BCUT2D eigenvalue weighted by Crippen LogP contribution is -2.58. The third-order valence-electron chi connectivity index (χ3n) is 4.02. The summed E-state index contributed by atoms with van der Waals surface area (Å²) in [6.07, 6.45) is 4.68. The highest BCUT2D eigenvalue weighted by Crippen LogP contribution is 2.16. The number of rotatable bonds is 4. The van der Waals surface area contributed by atoms with E-state index in [4.69, 9.17) is 9.90 Å². The molecule has 1 fully saturated rings. The Hall–Kier alpha value is -2.90. The Morgan fingerprint density at radius 2 is 2.08 bits per heavy atom. The number of carboxylic acid groups (broad SMARTS) is 1. The number of fused-ring (bicyclic) bond motifs is 1. The number of carbonyl (C=O) groups is 3. The van der Waals surface area contributed by atoms with Crippen LogP contribution in [0.3, 0.4) is 0 Å². The molecule has 0 spiro atoms. The summed E-state index contributed by atoms with van der Waals surface area (Å²) in [5.74, 6) is 0.00261. The maximum atomic E-state index is 12.4. The van der Waals surface area contributed by atoms with Crippen molar-refractivity contribution in [2.75, 3.05) is 13.1 Å². The molecule has 1 aliphatic rings. The van der Waals surface area contributed by atoms with E-state index < -0.39 is 6.04 Å². The zero-order valence-corrected chi connectivity index (χ0v) is 14.3. The zero-order chi connectivity index (χ0) is 18.4. The number of amides is 2. The lowest BCUT2D eigenvalue weighted by atomic mass is 10.1. The van der Waals surface area contributed by atoms with Gasteiger partial charge < -0.3 is 19.3 Å². The van der Waals surface area contributed by atoms with Gasteiger partial charge in [-0.3, -0.25) is 14.4 Å². The molecule has 0 radical (unpaired) electrons. The lowest BCUT2D eigenvalue weighted by molar-refractivity contribution is -0.155. The first-order valence-corrected chi connectivity index (χ1v) is 8.10. The highest BCUT2D eigenvalue weighted by Gasteiger charge is 2.36. The van der Waals surface area contributed by atoms with Gasteiger partial charge in [-0.15, -0.1) is 0 Å². The molecule has 1 aliphatic heterocycles. The number of imidazole rings is 1. The predicted octanol–water partition coefficient (Wildman–Crippen LogP) is 1.00. The van der Waals surface area contributed by atoms with Crippen molar-refractivity contribution in [1.82, 2.24) is 19.2 Å². The average molecular weight is 346 g/mol. The second-order valence-electron chi connectivity index (χ2n) is 5.76. The van der Waals surface area contributed by atoms with Gasteiger partial charge in [0.2, 0.25) is 11.8 Å². The molecule has 2 aromatic heterocycles. The van der Waals surface area contributed by atoms with Crippen LogP contribution in [0.25, 0.3) is 5.65 Å². The molecule has 2 aromatic rings. The molecule has 0 aromatic carbocycles. The SMILES string of the molecule is CCCN1CC(=O)N(Cc2cn3ccccc3n2)[C@@H](C)C1=O.O=CO. The average Bonchev–Trinajstić information content (AvgIpc) is 3.00. The smallest absolute Gasteiger partial charge is 0.290 e. The molecule has 0 unspecified atom stereocenters. The number of nitrogens with zero attached hydrogens (tertiary/aromatic N) is 4. The van der Waals surface area contributed by atoms with Crippen molar-refractivity contribution in [3.63, 3.8) is 0 Å². The molecule has 1 N–H and O–H groups in total. The maximum absolute atomic E-state index is 12.4. The van der Waals surface area contributed by atoms with Gasteiger partial charge >= 0.3 is 0 Å². The summed E-state index contributed by atoms with van der Waals surface area (Å²) >= 11 is 0. The minimum absolute atomic E-state index is 0.0161. The highest BCUT2D eigenvalue weighted by atomic mass is 16.3. The first-order valence-electron chi connectivity index (χ1n) is 8.10. The molecule has 134 valence electrons. The third-order valence-corrected chi connectivity index (χ3v) is 4.02. The number of aromatic nitrogens is 2. The van der Waals surface area contributed by atoms with Crippen LogP contribution in [0.5, 0.6) is 0 Å². The van der Waals surface area contributed by atoms with E-state index in [2.05, 4.69) is 4.98 Å². The monoisotopic (exact) mass is 346 g/mol. The summed E-state index contributed by atoms with van der Waals surface area (Å²) in [4.78, 5) is 40.8. The summed E-state index contributed by atoms with van der Waals surface area (Å²) in [5, 5.41) is 6.89. The van der Waals surface area contributed by atoms with Crippen LogP contribution in [0.15, 0.2) is 30.6 Å². The van der Waals surface area contributed by atoms with Crippen LogP contribution < -0.4 is 0 Å². The Morgan fingerprint density at radius 3 is 2.72 bits per heavy atom. The third kappa shape index (κ3) is 4.14. The first-order chi connectivity index (χ1) is 12.0. The molecule has 3 rings (SSSR count). The van der Waals surface area contributed by atoms with E-state index in [1.54, 1.807) is 16.7 Å². The summed E-state index contributed by atoms with van der Waals surface area (Å²) < 4.78 is 1.92. The van der Waals surface area contributed by atoms with E-state index >= 15 is 0 Å². The number of hydrogen-bond donors (Lipinski definition) is 1. The van der Waals surface area contributed by atoms with E-state index in [0.29, 0.717) is 13.1 Å². The van der Waals surface area contributed by atoms with E-state index in [1.807, 2.05) is 41.9 Å². The van der Waals surface area contributed by atoms with Gasteiger partial charge in [0.25, 0.3) is 6.47 Å². The Bertz CT molecular complexity index is 725. The lowest BCUT2D eigenvalue weighted by Gasteiger charge is -2.38. The standard InChI is InChI=1S/C16H20N4O2.CH2O2/c1-3-7-19-11-15(21)20(12(2)16(19)22)10-13-9-18-8-5-4-6-14(18)17-13;2-1-3/h4-6,8-9,12H,3,7,10-11H2,1-2H3;1H,(H,2,3)/t12-;/m0./s1. The minimum Gasteiger partial charge on any atom is -0.483 e. The van der Waals surface area contributed by atoms with Crippen molar-refractivity contribution >= 4 is 23.9 Å². The number of hydrogen-bond acceptors (Lipinski definition) is 4. The van der Waals surface area contributed by atoms with Crippen LogP contribution in [0.4, 0.5) is 0 Å². The normalized spacial score (nSPS) is 17.4. The van der Waals surface area contributed by atoms with E-state index in [9.17, 15) is 9.59 Å². The molecule has 25 heavy (non-hydrogen) atoms. The highest BCUT2D eigenvalue weighted by molar-refractivity contribution is 5.94. The van der Waals surface area contributed by atoms with Crippen LogP contribution in [0.2, 0.25) is 0 Å². The summed E-state index contributed by atoms with van der Waals surface area (Å²) in [6, 6.07) is 5.34.